The first-order valence-corrected chi connectivity index (χ1v) is 10.9. The molecule has 3 aromatic rings. The van der Waals surface area contributed by atoms with Crippen LogP contribution in [0.4, 0.5) is 5.69 Å². The molecule has 1 aliphatic carbocycles. The normalized spacial score (nSPS) is 14.4. The summed E-state index contributed by atoms with van der Waals surface area (Å²) in [6.07, 6.45) is 6.04. The Bertz CT molecular complexity index is 1070. The molecule has 1 fully saturated rings. The Morgan fingerprint density at radius 3 is 2.43 bits per heavy atom. The molecule has 0 saturated heterocycles. The highest BCUT2D eigenvalue weighted by atomic mass is 35.5. The van der Waals surface area contributed by atoms with Crippen molar-refractivity contribution in [2.24, 2.45) is 5.92 Å². The molecule has 0 radical (unpaired) electrons. The molecule has 3 aromatic carbocycles. The maximum absolute atomic E-state index is 12.8. The van der Waals surface area contributed by atoms with Crippen LogP contribution in [0.3, 0.4) is 0 Å². The van der Waals surface area contributed by atoms with Gasteiger partial charge in [0.1, 0.15) is 0 Å². The first kappa shape index (κ1) is 20.4. The van der Waals surface area contributed by atoms with Crippen molar-refractivity contribution in [3.63, 3.8) is 0 Å². The standard InChI is InChI=1S/C25H25ClN2O2/c26-21-12-13-23(22(15-21)25(30)27-16-17-6-2-1-3-7-17)28-24(29)20-11-10-18-8-4-5-9-19(18)14-20/h4-5,8-15,17H,1-3,6-7,16H2,(H,27,30)(H,28,29). The topological polar surface area (TPSA) is 58.2 Å². The fraction of sp³-hybridized carbons (Fsp3) is 0.280. The summed E-state index contributed by atoms with van der Waals surface area (Å²) in [5, 5.41) is 8.43. The third kappa shape index (κ3) is 4.82. The lowest BCUT2D eigenvalue weighted by Gasteiger charge is -2.22. The maximum Gasteiger partial charge on any atom is 0.255 e. The van der Waals surface area contributed by atoms with Crippen molar-refractivity contribution in [3.8, 4) is 0 Å². The highest BCUT2D eigenvalue weighted by Crippen LogP contribution is 2.25. The van der Waals surface area contributed by atoms with Gasteiger partial charge in [0.15, 0.2) is 0 Å². The lowest BCUT2D eigenvalue weighted by atomic mass is 9.89. The van der Waals surface area contributed by atoms with E-state index >= 15 is 0 Å². The Hall–Kier alpha value is -2.85. The molecule has 30 heavy (non-hydrogen) atoms. The predicted octanol–water partition coefficient (Wildman–Crippen LogP) is 6.06. The van der Waals surface area contributed by atoms with Gasteiger partial charge in [-0.1, -0.05) is 61.2 Å². The minimum atomic E-state index is -0.260. The van der Waals surface area contributed by atoms with Gasteiger partial charge >= 0.3 is 0 Å². The van der Waals surface area contributed by atoms with Gasteiger partial charge in [-0.15, -0.1) is 0 Å². The van der Waals surface area contributed by atoms with Gasteiger partial charge in [0.2, 0.25) is 0 Å². The molecule has 2 amide bonds. The lowest BCUT2D eigenvalue weighted by Crippen LogP contribution is -2.31. The van der Waals surface area contributed by atoms with Crippen LogP contribution in [0.2, 0.25) is 5.02 Å². The monoisotopic (exact) mass is 420 g/mol. The van der Waals surface area contributed by atoms with Crippen LogP contribution in [0, 0.1) is 5.92 Å². The minimum absolute atomic E-state index is 0.211. The van der Waals surface area contributed by atoms with Crippen molar-refractivity contribution in [3.05, 3.63) is 76.8 Å². The number of hydrogen-bond acceptors (Lipinski definition) is 2. The molecule has 1 saturated carbocycles. The summed E-state index contributed by atoms with van der Waals surface area (Å²) in [5.74, 6) is 0.0545. The second-order valence-electron chi connectivity index (χ2n) is 7.92. The number of anilines is 1. The van der Waals surface area contributed by atoms with Crippen LogP contribution < -0.4 is 10.6 Å². The Labute approximate surface area is 181 Å². The third-order valence-electron chi connectivity index (χ3n) is 5.76. The molecular formula is C25H25ClN2O2. The highest BCUT2D eigenvalue weighted by molar-refractivity contribution is 6.31. The van der Waals surface area contributed by atoms with Crippen molar-refractivity contribution in [2.45, 2.75) is 32.1 Å². The number of carbonyl (C=O) groups is 2. The molecule has 154 valence electrons. The van der Waals surface area contributed by atoms with Crippen LogP contribution in [0.25, 0.3) is 10.8 Å². The maximum atomic E-state index is 12.8. The molecule has 0 aliphatic heterocycles. The number of rotatable bonds is 5. The molecule has 4 rings (SSSR count). The third-order valence-corrected chi connectivity index (χ3v) is 6.00. The van der Waals surface area contributed by atoms with Gasteiger partial charge in [0.05, 0.1) is 11.3 Å². The van der Waals surface area contributed by atoms with Gasteiger partial charge in [-0.3, -0.25) is 9.59 Å². The average molecular weight is 421 g/mol. The second kappa shape index (κ2) is 9.31. The van der Waals surface area contributed by atoms with Gasteiger partial charge in [-0.25, -0.2) is 0 Å². The quantitative estimate of drug-likeness (QED) is 0.527. The van der Waals surface area contributed by atoms with Crippen LogP contribution in [0.1, 0.15) is 52.8 Å². The van der Waals surface area contributed by atoms with E-state index < -0.39 is 0 Å². The van der Waals surface area contributed by atoms with Crippen LogP contribution >= 0.6 is 11.6 Å². The lowest BCUT2D eigenvalue weighted by molar-refractivity contribution is 0.0944. The predicted molar refractivity (Wildman–Crippen MR) is 122 cm³/mol. The molecule has 2 N–H and O–H groups in total. The zero-order chi connectivity index (χ0) is 20.9. The van der Waals surface area contributed by atoms with Gasteiger partial charge < -0.3 is 10.6 Å². The average Bonchev–Trinajstić information content (AvgIpc) is 2.79. The van der Waals surface area contributed by atoms with Gasteiger partial charge in [-0.05, 0) is 59.9 Å². The van der Waals surface area contributed by atoms with Gasteiger partial charge in [-0.2, -0.15) is 0 Å². The highest BCUT2D eigenvalue weighted by Gasteiger charge is 2.18. The smallest absolute Gasteiger partial charge is 0.255 e. The van der Waals surface area contributed by atoms with E-state index in [2.05, 4.69) is 10.6 Å². The Kier molecular flexibility index (Phi) is 6.34. The molecule has 0 aromatic heterocycles. The molecule has 1 aliphatic rings. The Morgan fingerprint density at radius 1 is 0.867 bits per heavy atom. The van der Waals surface area contributed by atoms with E-state index in [1.807, 2.05) is 36.4 Å². The van der Waals surface area contributed by atoms with Crippen LogP contribution in [-0.2, 0) is 0 Å². The summed E-state index contributed by atoms with van der Waals surface area (Å²) in [4.78, 5) is 25.7. The zero-order valence-corrected chi connectivity index (χ0v) is 17.5. The molecule has 4 nitrogen and oxygen atoms in total. The fourth-order valence-corrected chi connectivity index (χ4v) is 4.23. The molecule has 0 heterocycles. The second-order valence-corrected chi connectivity index (χ2v) is 8.36. The number of nitrogens with one attached hydrogen (secondary N) is 2. The SMILES string of the molecule is O=C(Nc1ccc(Cl)cc1C(=O)NCC1CCCCC1)c1ccc2ccccc2c1. The Morgan fingerprint density at radius 2 is 1.63 bits per heavy atom. The van der Waals surface area contributed by atoms with E-state index in [1.165, 1.54) is 19.3 Å². The fourth-order valence-electron chi connectivity index (χ4n) is 4.06. The summed E-state index contributed by atoms with van der Waals surface area (Å²) in [6, 6.07) is 18.4. The molecule has 0 spiro atoms. The van der Waals surface area contributed by atoms with Crippen molar-refractivity contribution in [1.29, 1.82) is 0 Å². The van der Waals surface area contributed by atoms with Crippen molar-refractivity contribution in [1.82, 2.24) is 5.32 Å². The summed E-state index contributed by atoms with van der Waals surface area (Å²) in [6.45, 7) is 0.656. The number of amides is 2. The van der Waals surface area contributed by atoms with E-state index in [9.17, 15) is 9.59 Å². The van der Waals surface area contributed by atoms with E-state index in [-0.39, 0.29) is 11.8 Å². The van der Waals surface area contributed by atoms with Crippen molar-refractivity contribution < 1.29 is 9.59 Å². The van der Waals surface area contributed by atoms with E-state index in [1.54, 1.807) is 24.3 Å². The van der Waals surface area contributed by atoms with Crippen LogP contribution in [0.15, 0.2) is 60.7 Å². The number of hydrogen-bond donors (Lipinski definition) is 2. The van der Waals surface area contributed by atoms with Gasteiger partial charge in [0, 0.05) is 17.1 Å². The van der Waals surface area contributed by atoms with E-state index in [4.69, 9.17) is 11.6 Å². The number of halogens is 1. The van der Waals surface area contributed by atoms with E-state index in [0.717, 1.165) is 23.6 Å². The zero-order valence-electron chi connectivity index (χ0n) is 16.8. The van der Waals surface area contributed by atoms with Gasteiger partial charge in [0.25, 0.3) is 11.8 Å². The Balaban J connectivity index is 1.50. The van der Waals surface area contributed by atoms with Crippen molar-refractivity contribution in [2.75, 3.05) is 11.9 Å². The first-order chi connectivity index (χ1) is 14.6. The number of fused-ring (bicyclic) bond motifs is 1. The molecule has 5 heteroatoms. The summed E-state index contributed by atoms with van der Waals surface area (Å²) in [7, 11) is 0. The number of benzene rings is 3. The van der Waals surface area contributed by atoms with Crippen LogP contribution in [-0.4, -0.2) is 18.4 Å². The first-order valence-electron chi connectivity index (χ1n) is 10.5. The van der Waals surface area contributed by atoms with Crippen molar-refractivity contribution >= 4 is 39.9 Å². The molecule has 0 unspecified atom stereocenters. The molecule has 0 atom stereocenters. The van der Waals surface area contributed by atoms with Crippen LogP contribution in [0.5, 0.6) is 0 Å². The molecule has 0 bridgehead atoms. The largest absolute Gasteiger partial charge is 0.352 e. The summed E-state index contributed by atoms with van der Waals surface area (Å²) < 4.78 is 0. The summed E-state index contributed by atoms with van der Waals surface area (Å²) in [5.41, 5.74) is 1.38. The summed E-state index contributed by atoms with van der Waals surface area (Å²) >= 11 is 6.14. The van der Waals surface area contributed by atoms with E-state index in [0.29, 0.717) is 34.3 Å². The molecular weight excluding hydrogens is 396 g/mol. The number of carbonyl (C=O) groups excluding carboxylic acids is 2. The minimum Gasteiger partial charge on any atom is -0.352 e.